The molecular weight excluding hydrogens is 159 g/mol. The Kier molecular flexibility index (Phi) is 4.45. The lowest BCUT2D eigenvalue weighted by molar-refractivity contribution is 0.138. The number of rotatable bonds is 4. The highest BCUT2D eigenvalue weighted by molar-refractivity contribution is 7.34. The summed E-state index contributed by atoms with van der Waals surface area (Å²) < 4.78 is 18.3. The maximum Gasteiger partial charge on any atom is 0.756 e. The molecule has 0 aromatic carbocycles. The van der Waals surface area contributed by atoms with Gasteiger partial charge >= 0.3 is 14.4 Å². The van der Waals surface area contributed by atoms with Gasteiger partial charge in [0.15, 0.2) is 0 Å². The van der Waals surface area contributed by atoms with Crippen LogP contribution in [-0.2, 0) is 13.6 Å². The minimum Gasteiger partial charge on any atom is -0.447 e. The Hall–Kier alpha value is -0.930. The first-order valence-corrected chi connectivity index (χ1v) is 3.38. The molecule has 0 aliphatic heterocycles. The van der Waals surface area contributed by atoms with Crippen LogP contribution in [-0.4, -0.2) is 17.9 Å². The molecule has 0 rings (SSSR count). The Balaban J connectivity index is 3.43. The minimum atomic E-state index is -2.55. The molecule has 1 atom stereocenters. The van der Waals surface area contributed by atoms with Crippen molar-refractivity contribution in [3.8, 4) is 0 Å². The lowest BCUT2D eigenvalue weighted by Crippen LogP contribution is -1.93. The fourth-order valence-electron chi connectivity index (χ4n) is 0.204. The molecule has 5 nitrogen and oxygen atoms in total. The van der Waals surface area contributed by atoms with E-state index >= 15 is 0 Å². The molecule has 0 aromatic heterocycles. The quantitative estimate of drug-likeness (QED) is 0.505. The number of hydrogen-bond donors (Lipinski definition) is 1. The summed E-state index contributed by atoms with van der Waals surface area (Å²) in [5, 5.41) is 7.87. The van der Waals surface area contributed by atoms with E-state index < -0.39 is 14.4 Å². The lowest BCUT2D eigenvalue weighted by atomic mass is 10.7. The molecule has 1 unspecified atom stereocenters. The van der Waals surface area contributed by atoms with E-state index in [0.29, 0.717) is 0 Å². The zero-order valence-electron chi connectivity index (χ0n) is 5.02. The molecule has 0 spiro atoms. The van der Waals surface area contributed by atoms with Crippen molar-refractivity contribution in [2.45, 2.75) is 0 Å². The molecule has 0 saturated carbocycles. The lowest BCUT2D eigenvalue weighted by Gasteiger charge is -1.80. The maximum atomic E-state index is 10.3. The number of hydrogen-bond acceptors (Lipinski definition) is 4. The minimum absolute atomic E-state index is 0.00246. The fraction of sp³-hybridized carbons (Fsp3) is 0.250. The van der Waals surface area contributed by atoms with Gasteiger partial charge in [0.2, 0.25) is 0 Å². The summed E-state index contributed by atoms with van der Waals surface area (Å²) in [5.41, 5.74) is 0. The smallest absolute Gasteiger partial charge is 0.447 e. The van der Waals surface area contributed by atoms with Gasteiger partial charge in [0.1, 0.15) is 6.61 Å². The summed E-state index contributed by atoms with van der Waals surface area (Å²) >= 11 is 0. The standard InChI is InChI=1S/C4H5O5P/c1-2-3-8-10(7)9-4(5)6/h2H,1,3H2/p+1. The fourth-order valence-corrected chi connectivity index (χ4v) is 0.611. The second kappa shape index (κ2) is 4.90. The van der Waals surface area contributed by atoms with Crippen molar-refractivity contribution in [2.75, 3.05) is 6.61 Å². The monoisotopic (exact) mass is 165 g/mol. The Bertz CT molecular complexity index is 154. The van der Waals surface area contributed by atoms with Gasteiger partial charge in [-0.3, -0.25) is 0 Å². The Morgan fingerprint density at radius 2 is 2.40 bits per heavy atom. The summed E-state index contributed by atoms with van der Waals surface area (Å²) in [6, 6.07) is 0. The van der Waals surface area contributed by atoms with Crippen molar-refractivity contribution >= 4 is 14.4 Å². The summed E-state index contributed by atoms with van der Waals surface area (Å²) in [4.78, 5) is 9.66. The van der Waals surface area contributed by atoms with E-state index in [1.807, 2.05) is 0 Å². The first-order valence-electron chi connectivity index (χ1n) is 2.28. The summed E-state index contributed by atoms with van der Waals surface area (Å²) in [5.74, 6) is 0. The van der Waals surface area contributed by atoms with E-state index in [1.54, 1.807) is 0 Å². The van der Waals surface area contributed by atoms with Gasteiger partial charge in [0.05, 0.1) is 0 Å². The van der Waals surface area contributed by atoms with Gasteiger partial charge in [-0.15, -0.1) is 15.6 Å². The first-order chi connectivity index (χ1) is 4.66. The molecule has 0 fully saturated rings. The van der Waals surface area contributed by atoms with Crippen LogP contribution in [0.1, 0.15) is 0 Å². The van der Waals surface area contributed by atoms with Crippen LogP contribution >= 0.6 is 8.25 Å². The molecule has 0 aliphatic rings. The molecule has 10 heavy (non-hydrogen) atoms. The SMILES string of the molecule is C=CCO[P+](=O)OC(=O)O. The van der Waals surface area contributed by atoms with Crippen LogP contribution in [0, 0.1) is 0 Å². The highest BCUT2D eigenvalue weighted by atomic mass is 31.1. The molecule has 0 amide bonds. The average molecular weight is 165 g/mol. The summed E-state index contributed by atoms with van der Waals surface area (Å²) in [7, 11) is -2.55. The Morgan fingerprint density at radius 1 is 1.80 bits per heavy atom. The molecular formula is C4H6O5P+. The van der Waals surface area contributed by atoms with Gasteiger partial charge in [-0.25, -0.2) is 0 Å². The largest absolute Gasteiger partial charge is 0.756 e. The van der Waals surface area contributed by atoms with Gasteiger partial charge in [-0.05, 0) is 0 Å². The van der Waals surface area contributed by atoms with Crippen molar-refractivity contribution < 1.29 is 23.5 Å². The van der Waals surface area contributed by atoms with Crippen LogP contribution in [0.2, 0.25) is 0 Å². The van der Waals surface area contributed by atoms with E-state index in [0.717, 1.165) is 0 Å². The molecule has 0 heterocycles. The van der Waals surface area contributed by atoms with E-state index in [9.17, 15) is 9.36 Å². The highest BCUT2D eigenvalue weighted by Gasteiger charge is 2.24. The normalized spacial score (nSPS) is 10.2. The zero-order valence-corrected chi connectivity index (χ0v) is 5.91. The molecule has 0 aromatic rings. The van der Waals surface area contributed by atoms with Crippen LogP contribution in [0.25, 0.3) is 0 Å². The van der Waals surface area contributed by atoms with Crippen LogP contribution in [0.3, 0.4) is 0 Å². The average Bonchev–Trinajstić information content (AvgIpc) is 1.82. The molecule has 0 aliphatic carbocycles. The van der Waals surface area contributed by atoms with E-state index in [1.165, 1.54) is 6.08 Å². The topological polar surface area (TPSA) is 72.8 Å². The van der Waals surface area contributed by atoms with E-state index in [-0.39, 0.29) is 6.61 Å². The third-order valence-corrected chi connectivity index (χ3v) is 1.12. The maximum absolute atomic E-state index is 10.3. The highest BCUT2D eigenvalue weighted by Crippen LogP contribution is 2.22. The van der Waals surface area contributed by atoms with E-state index in [2.05, 4.69) is 15.6 Å². The predicted molar refractivity (Wildman–Crippen MR) is 32.9 cm³/mol. The van der Waals surface area contributed by atoms with Crippen LogP contribution in [0.4, 0.5) is 4.79 Å². The first kappa shape index (κ1) is 9.07. The Labute approximate surface area is 58.2 Å². The third kappa shape index (κ3) is 5.21. The van der Waals surface area contributed by atoms with Crippen LogP contribution in [0.5, 0.6) is 0 Å². The second-order valence-electron chi connectivity index (χ2n) is 1.17. The predicted octanol–water partition coefficient (Wildman–Crippen LogP) is 1.54. The van der Waals surface area contributed by atoms with Gasteiger partial charge in [-0.1, -0.05) is 6.08 Å². The molecule has 56 valence electrons. The zero-order chi connectivity index (χ0) is 7.98. The summed E-state index contributed by atoms with van der Waals surface area (Å²) in [6.45, 7) is 3.26. The molecule has 0 bridgehead atoms. The van der Waals surface area contributed by atoms with Gasteiger partial charge in [0.25, 0.3) is 0 Å². The molecule has 0 radical (unpaired) electrons. The summed E-state index contributed by atoms with van der Waals surface area (Å²) in [6.07, 6.45) is -0.288. The molecule has 0 saturated heterocycles. The van der Waals surface area contributed by atoms with Gasteiger partial charge in [0, 0.05) is 4.57 Å². The number of carboxylic acid groups (broad SMARTS) is 1. The van der Waals surface area contributed by atoms with E-state index in [4.69, 9.17) is 5.11 Å². The van der Waals surface area contributed by atoms with Crippen molar-refractivity contribution in [1.82, 2.24) is 0 Å². The second-order valence-corrected chi connectivity index (χ2v) is 2.05. The van der Waals surface area contributed by atoms with Crippen molar-refractivity contribution in [3.63, 3.8) is 0 Å². The van der Waals surface area contributed by atoms with Crippen molar-refractivity contribution in [3.05, 3.63) is 12.7 Å². The van der Waals surface area contributed by atoms with Crippen molar-refractivity contribution in [2.24, 2.45) is 0 Å². The number of carbonyl (C=O) groups is 1. The Morgan fingerprint density at radius 3 is 2.80 bits per heavy atom. The van der Waals surface area contributed by atoms with Crippen molar-refractivity contribution in [1.29, 1.82) is 0 Å². The third-order valence-electron chi connectivity index (χ3n) is 0.450. The van der Waals surface area contributed by atoms with Crippen LogP contribution in [0.15, 0.2) is 12.7 Å². The van der Waals surface area contributed by atoms with Gasteiger partial charge < -0.3 is 5.11 Å². The molecule has 6 heteroatoms. The van der Waals surface area contributed by atoms with Crippen LogP contribution < -0.4 is 0 Å². The molecule has 1 N–H and O–H groups in total. The van der Waals surface area contributed by atoms with Gasteiger partial charge in [-0.2, -0.15) is 4.79 Å².